The molecule has 3 rings (SSSR count). The van der Waals surface area contributed by atoms with Gasteiger partial charge in [0.05, 0.1) is 0 Å². The summed E-state index contributed by atoms with van der Waals surface area (Å²) in [5.74, 6) is 2.60. The van der Waals surface area contributed by atoms with Crippen molar-refractivity contribution in [1.29, 1.82) is 0 Å². The van der Waals surface area contributed by atoms with Gasteiger partial charge in [0.25, 0.3) is 0 Å². The number of carbonyl (C=O) groups excluding carboxylic acids is 1. The number of aromatic nitrogens is 3. The van der Waals surface area contributed by atoms with Crippen molar-refractivity contribution in [3.63, 3.8) is 0 Å². The summed E-state index contributed by atoms with van der Waals surface area (Å²) < 4.78 is 2.19. The summed E-state index contributed by atoms with van der Waals surface area (Å²) in [7, 11) is 0. The Labute approximate surface area is 141 Å². The van der Waals surface area contributed by atoms with E-state index >= 15 is 0 Å². The van der Waals surface area contributed by atoms with Gasteiger partial charge >= 0.3 is 0 Å². The van der Waals surface area contributed by atoms with Gasteiger partial charge in [-0.2, -0.15) is 0 Å². The molecule has 23 heavy (non-hydrogen) atoms. The van der Waals surface area contributed by atoms with E-state index < -0.39 is 0 Å². The lowest BCUT2D eigenvalue weighted by molar-refractivity contribution is -0.122. The average Bonchev–Trinajstić information content (AvgIpc) is 3.15. The summed E-state index contributed by atoms with van der Waals surface area (Å²) in [6.45, 7) is 5.06. The van der Waals surface area contributed by atoms with Crippen LogP contribution in [0, 0.1) is 0 Å². The quantitative estimate of drug-likeness (QED) is 0.885. The first-order valence-corrected chi connectivity index (χ1v) is 9.25. The maximum Gasteiger partial charge on any atom is 0.220 e. The number of fused-ring (bicyclic) bond motifs is 1. The number of hydrogen-bond acceptors (Lipinski definition) is 4. The fraction of sp³-hybridized carbons (Fsp3) is 0.588. The van der Waals surface area contributed by atoms with Crippen molar-refractivity contribution >= 4 is 17.2 Å². The number of hydrogen-bond donors (Lipinski definition) is 1. The molecule has 1 aliphatic heterocycles. The Hall–Kier alpha value is -1.69. The third kappa shape index (κ3) is 3.99. The molecule has 0 bridgehead atoms. The van der Waals surface area contributed by atoms with Crippen LogP contribution in [0.2, 0.25) is 0 Å². The van der Waals surface area contributed by atoms with Gasteiger partial charge in [-0.15, -0.1) is 21.5 Å². The van der Waals surface area contributed by atoms with Gasteiger partial charge in [-0.1, -0.05) is 19.9 Å². The smallest absolute Gasteiger partial charge is 0.220 e. The first-order chi connectivity index (χ1) is 11.1. The van der Waals surface area contributed by atoms with Gasteiger partial charge in [0.1, 0.15) is 11.6 Å². The van der Waals surface area contributed by atoms with E-state index in [2.05, 4.69) is 51.4 Å². The second kappa shape index (κ2) is 7.25. The molecule has 2 aromatic rings. The van der Waals surface area contributed by atoms with Gasteiger partial charge in [0.15, 0.2) is 0 Å². The Bertz CT molecular complexity index is 648. The van der Waals surface area contributed by atoms with Crippen LogP contribution in [0.1, 0.15) is 55.6 Å². The maximum atomic E-state index is 12.2. The maximum absolute atomic E-state index is 12.2. The van der Waals surface area contributed by atoms with Crippen molar-refractivity contribution in [1.82, 2.24) is 20.1 Å². The molecular weight excluding hydrogens is 308 g/mol. The van der Waals surface area contributed by atoms with Crippen LogP contribution in [0.4, 0.5) is 0 Å². The molecule has 5 nitrogen and oxygen atoms in total. The van der Waals surface area contributed by atoms with Crippen LogP contribution >= 0.6 is 11.3 Å². The number of carbonyl (C=O) groups is 1. The third-order valence-corrected chi connectivity index (χ3v) is 5.20. The van der Waals surface area contributed by atoms with Crippen molar-refractivity contribution in [3.8, 4) is 0 Å². The summed E-state index contributed by atoms with van der Waals surface area (Å²) in [4.78, 5) is 13.5. The van der Waals surface area contributed by atoms with Crippen LogP contribution in [-0.2, 0) is 24.2 Å². The molecule has 0 fully saturated rings. The fourth-order valence-corrected chi connectivity index (χ4v) is 3.82. The van der Waals surface area contributed by atoms with E-state index in [-0.39, 0.29) is 11.9 Å². The molecular formula is C17H24N4OS. The number of nitrogens with zero attached hydrogens (tertiary/aromatic N) is 3. The first kappa shape index (κ1) is 16.2. The van der Waals surface area contributed by atoms with Gasteiger partial charge in [-0.05, 0) is 30.7 Å². The molecule has 0 saturated heterocycles. The molecule has 1 amide bonds. The molecule has 6 heteroatoms. The SMILES string of the molecule is CC(C)c1nnc2n1C[C@H](NC(=O)CCCc1cccs1)CC2. The number of thiophene rings is 1. The van der Waals surface area contributed by atoms with E-state index in [4.69, 9.17) is 0 Å². The molecule has 1 N–H and O–H groups in total. The molecule has 2 aromatic heterocycles. The topological polar surface area (TPSA) is 59.8 Å². The van der Waals surface area contributed by atoms with E-state index in [1.807, 2.05) is 0 Å². The Morgan fingerprint density at radius 3 is 3.09 bits per heavy atom. The van der Waals surface area contributed by atoms with E-state index in [0.29, 0.717) is 12.3 Å². The lowest BCUT2D eigenvalue weighted by atomic mass is 10.1. The van der Waals surface area contributed by atoms with Crippen LogP contribution in [0.15, 0.2) is 17.5 Å². The van der Waals surface area contributed by atoms with Gasteiger partial charge in [0.2, 0.25) is 5.91 Å². The zero-order valence-electron chi connectivity index (χ0n) is 13.8. The van der Waals surface area contributed by atoms with Gasteiger partial charge < -0.3 is 9.88 Å². The summed E-state index contributed by atoms with van der Waals surface area (Å²) in [5, 5.41) is 13.8. The Morgan fingerprint density at radius 2 is 2.35 bits per heavy atom. The van der Waals surface area contributed by atoms with Crippen molar-refractivity contribution in [2.24, 2.45) is 0 Å². The normalized spacial score (nSPS) is 17.3. The second-order valence-corrected chi connectivity index (χ2v) is 7.51. The van der Waals surface area contributed by atoms with Crippen LogP contribution in [0.3, 0.4) is 0 Å². The summed E-state index contributed by atoms with van der Waals surface area (Å²) in [6.07, 6.45) is 4.34. The monoisotopic (exact) mass is 332 g/mol. The van der Waals surface area contributed by atoms with E-state index in [1.165, 1.54) is 4.88 Å². The first-order valence-electron chi connectivity index (χ1n) is 8.37. The third-order valence-electron chi connectivity index (χ3n) is 4.26. The molecule has 0 spiro atoms. The predicted molar refractivity (Wildman–Crippen MR) is 91.6 cm³/mol. The van der Waals surface area contributed by atoms with Gasteiger partial charge in [0, 0.05) is 36.2 Å². The zero-order valence-corrected chi connectivity index (χ0v) is 14.6. The lowest BCUT2D eigenvalue weighted by Gasteiger charge is -2.26. The molecule has 1 aliphatic rings. The van der Waals surface area contributed by atoms with Gasteiger partial charge in [-0.25, -0.2) is 0 Å². The highest BCUT2D eigenvalue weighted by molar-refractivity contribution is 7.09. The number of aryl methyl sites for hydroxylation is 2. The molecule has 0 saturated carbocycles. The zero-order chi connectivity index (χ0) is 16.2. The van der Waals surface area contributed by atoms with E-state index in [9.17, 15) is 4.79 Å². The Balaban J connectivity index is 1.48. The molecule has 0 unspecified atom stereocenters. The van der Waals surface area contributed by atoms with Crippen LogP contribution < -0.4 is 5.32 Å². The average molecular weight is 332 g/mol. The van der Waals surface area contributed by atoms with Crippen LogP contribution in [0.5, 0.6) is 0 Å². The largest absolute Gasteiger partial charge is 0.352 e. The van der Waals surface area contributed by atoms with Crippen molar-refractivity contribution in [3.05, 3.63) is 34.0 Å². The summed E-state index contributed by atoms with van der Waals surface area (Å²) in [5.41, 5.74) is 0. The highest BCUT2D eigenvalue weighted by Gasteiger charge is 2.24. The molecule has 0 aliphatic carbocycles. The molecule has 3 heterocycles. The summed E-state index contributed by atoms with van der Waals surface area (Å²) >= 11 is 1.76. The standard InChI is InChI=1S/C17H24N4OS/c1-12(2)17-20-19-15-9-8-13(11-21(15)17)18-16(22)7-3-5-14-6-4-10-23-14/h4,6,10,12-13H,3,5,7-9,11H2,1-2H3,(H,18,22)/t13-/m1/s1. The van der Waals surface area contributed by atoms with Crippen molar-refractivity contribution < 1.29 is 4.79 Å². The van der Waals surface area contributed by atoms with Crippen molar-refractivity contribution in [2.75, 3.05) is 0 Å². The minimum atomic E-state index is 0.161. The predicted octanol–water partition coefficient (Wildman–Crippen LogP) is 2.92. The lowest BCUT2D eigenvalue weighted by Crippen LogP contribution is -2.41. The Kier molecular flexibility index (Phi) is 5.10. The van der Waals surface area contributed by atoms with Crippen LogP contribution in [-0.4, -0.2) is 26.7 Å². The highest BCUT2D eigenvalue weighted by Crippen LogP contribution is 2.20. The molecule has 0 aromatic carbocycles. The molecule has 0 radical (unpaired) electrons. The number of amides is 1. The Morgan fingerprint density at radius 1 is 1.48 bits per heavy atom. The molecule has 1 atom stereocenters. The second-order valence-electron chi connectivity index (χ2n) is 6.48. The summed E-state index contributed by atoms with van der Waals surface area (Å²) in [6, 6.07) is 4.39. The number of rotatable bonds is 6. The minimum Gasteiger partial charge on any atom is -0.352 e. The highest BCUT2D eigenvalue weighted by atomic mass is 32.1. The number of nitrogens with one attached hydrogen (secondary N) is 1. The van der Waals surface area contributed by atoms with Gasteiger partial charge in [-0.3, -0.25) is 4.79 Å². The van der Waals surface area contributed by atoms with E-state index in [1.54, 1.807) is 11.3 Å². The fourth-order valence-electron chi connectivity index (χ4n) is 3.07. The minimum absolute atomic E-state index is 0.161. The molecule has 124 valence electrons. The van der Waals surface area contributed by atoms with Crippen molar-refractivity contribution in [2.45, 2.75) is 64.5 Å². The van der Waals surface area contributed by atoms with E-state index in [0.717, 1.165) is 43.9 Å². The van der Waals surface area contributed by atoms with Crippen LogP contribution in [0.25, 0.3) is 0 Å².